The summed E-state index contributed by atoms with van der Waals surface area (Å²) in [5.41, 5.74) is 1.98. The Kier molecular flexibility index (Phi) is 4.23. The fraction of sp³-hybridized carbons (Fsp3) is 0.353. The molecule has 0 atom stereocenters. The molecule has 6 heteroatoms. The van der Waals surface area contributed by atoms with E-state index in [0.717, 1.165) is 5.82 Å². The summed E-state index contributed by atoms with van der Waals surface area (Å²) in [5.74, 6) is 0.497. The molecule has 2 aromatic rings. The highest BCUT2D eigenvalue weighted by Gasteiger charge is 2.25. The topological polar surface area (TPSA) is 49.3 Å². The van der Waals surface area contributed by atoms with E-state index >= 15 is 0 Å². The van der Waals surface area contributed by atoms with Gasteiger partial charge in [0.2, 0.25) is 0 Å². The van der Waals surface area contributed by atoms with Crippen LogP contribution in [0.4, 0.5) is 10.2 Å². The molecule has 1 aliphatic heterocycles. The summed E-state index contributed by atoms with van der Waals surface area (Å²) in [6, 6.07) is 2.83. The summed E-state index contributed by atoms with van der Waals surface area (Å²) < 4.78 is 13.4. The average Bonchev–Trinajstić information content (AvgIpc) is 2.55. The summed E-state index contributed by atoms with van der Waals surface area (Å²) in [4.78, 5) is 25.0. The number of aromatic nitrogens is 2. The van der Waals surface area contributed by atoms with Crippen LogP contribution in [-0.2, 0) is 0 Å². The minimum atomic E-state index is -0.302. The molecule has 2 heterocycles. The molecule has 1 saturated heterocycles. The zero-order valence-corrected chi connectivity index (χ0v) is 13.3. The minimum absolute atomic E-state index is 0.0289. The van der Waals surface area contributed by atoms with Gasteiger partial charge in [0.05, 0.1) is 6.20 Å². The molecule has 1 aliphatic rings. The molecule has 0 saturated carbocycles. The lowest BCUT2D eigenvalue weighted by atomic mass is 10.0. The van der Waals surface area contributed by atoms with Crippen molar-refractivity contribution in [3.63, 3.8) is 0 Å². The number of nitrogens with zero attached hydrogens (tertiary/aromatic N) is 4. The maximum Gasteiger partial charge on any atom is 0.254 e. The number of hydrogen-bond acceptors (Lipinski definition) is 4. The van der Waals surface area contributed by atoms with Crippen molar-refractivity contribution in [1.82, 2.24) is 14.9 Å². The Morgan fingerprint density at radius 3 is 2.30 bits per heavy atom. The monoisotopic (exact) mass is 314 g/mol. The molecule has 0 N–H and O–H groups in total. The van der Waals surface area contributed by atoms with E-state index in [2.05, 4.69) is 14.9 Å². The number of carbonyl (C=O) groups excluding carboxylic acids is 1. The van der Waals surface area contributed by atoms with E-state index in [-0.39, 0.29) is 11.7 Å². The first kappa shape index (κ1) is 15.4. The maximum atomic E-state index is 13.4. The Bertz CT molecular complexity index is 689. The van der Waals surface area contributed by atoms with E-state index in [4.69, 9.17) is 0 Å². The molecule has 1 aromatic carbocycles. The number of piperazine rings is 1. The van der Waals surface area contributed by atoms with E-state index in [1.807, 2.05) is 4.90 Å². The number of rotatable bonds is 2. The molecule has 0 spiro atoms. The molecule has 5 nitrogen and oxygen atoms in total. The number of carbonyl (C=O) groups is 1. The predicted octanol–water partition coefficient (Wildman–Crippen LogP) is 2.19. The molecular weight excluding hydrogens is 295 g/mol. The lowest BCUT2D eigenvalue weighted by Crippen LogP contribution is -2.49. The first-order valence-corrected chi connectivity index (χ1v) is 7.63. The van der Waals surface area contributed by atoms with Gasteiger partial charge in [-0.15, -0.1) is 0 Å². The third-order valence-electron chi connectivity index (χ3n) is 4.15. The lowest BCUT2D eigenvalue weighted by Gasteiger charge is -2.35. The van der Waals surface area contributed by atoms with Gasteiger partial charge in [0.15, 0.2) is 0 Å². The second-order valence-electron chi connectivity index (χ2n) is 5.76. The van der Waals surface area contributed by atoms with Gasteiger partial charge in [0.25, 0.3) is 5.91 Å². The Morgan fingerprint density at radius 2 is 1.74 bits per heavy atom. The number of anilines is 1. The van der Waals surface area contributed by atoms with Crippen molar-refractivity contribution in [2.45, 2.75) is 13.8 Å². The minimum Gasteiger partial charge on any atom is -0.352 e. The molecule has 0 aliphatic carbocycles. The predicted molar refractivity (Wildman–Crippen MR) is 86.0 cm³/mol. The largest absolute Gasteiger partial charge is 0.352 e. The van der Waals surface area contributed by atoms with Crippen molar-refractivity contribution in [3.05, 3.63) is 53.2 Å². The van der Waals surface area contributed by atoms with Crippen molar-refractivity contribution < 1.29 is 9.18 Å². The summed E-state index contributed by atoms with van der Waals surface area (Å²) >= 11 is 0. The van der Waals surface area contributed by atoms with Gasteiger partial charge < -0.3 is 9.80 Å². The Balaban J connectivity index is 1.72. The fourth-order valence-electron chi connectivity index (χ4n) is 3.00. The fourth-order valence-corrected chi connectivity index (χ4v) is 3.00. The van der Waals surface area contributed by atoms with E-state index in [0.29, 0.717) is 42.9 Å². The van der Waals surface area contributed by atoms with Crippen LogP contribution >= 0.6 is 0 Å². The summed E-state index contributed by atoms with van der Waals surface area (Å²) in [7, 11) is 0. The van der Waals surface area contributed by atoms with Gasteiger partial charge in [-0.1, -0.05) is 0 Å². The second-order valence-corrected chi connectivity index (χ2v) is 5.76. The van der Waals surface area contributed by atoms with E-state index in [1.165, 1.54) is 12.1 Å². The summed E-state index contributed by atoms with van der Waals surface area (Å²) in [6.45, 7) is 6.21. The van der Waals surface area contributed by atoms with Crippen LogP contribution in [0.25, 0.3) is 0 Å². The van der Waals surface area contributed by atoms with Crippen LogP contribution in [0, 0.1) is 19.7 Å². The van der Waals surface area contributed by atoms with E-state index < -0.39 is 0 Å². The van der Waals surface area contributed by atoms with Gasteiger partial charge in [0, 0.05) is 44.1 Å². The molecule has 120 valence electrons. The molecule has 1 fully saturated rings. The molecule has 1 amide bonds. The Labute approximate surface area is 134 Å². The van der Waals surface area contributed by atoms with Gasteiger partial charge in [0.1, 0.15) is 11.6 Å². The maximum absolute atomic E-state index is 13.4. The van der Waals surface area contributed by atoms with Crippen LogP contribution in [0.5, 0.6) is 0 Å². The third kappa shape index (κ3) is 3.16. The molecular formula is C17H19FN4O. The highest BCUT2D eigenvalue weighted by atomic mass is 19.1. The molecule has 0 bridgehead atoms. The van der Waals surface area contributed by atoms with Gasteiger partial charge >= 0.3 is 0 Å². The van der Waals surface area contributed by atoms with Crippen LogP contribution in [-0.4, -0.2) is 47.0 Å². The summed E-state index contributed by atoms with van der Waals surface area (Å²) in [5, 5.41) is 0. The van der Waals surface area contributed by atoms with Crippen LogP contribution in [0.3, 0.4) is 0 Å². The van der Waals surface area contributed by atoms with E-state index in [1.54, 1.807) is 32.4 Å². The number of aryl methyl sites for hydroxylation is 2. The smallest absolute Gasteiger partial charge is 0.254 e. The van der Waals surface area contributed by atoms with Crippen LogP contribution in [0.2, 0.25) is 0 Å². The van der Waals surface area contributed by atoms with Crippen molar-refractivity contribution >= 4 is 11.7 Å². The quantitative estimate of drug-likeness (QED) is 0.852. The number of halogens is 1. The van der Waals surface area contributed by atoms with Crippen molar-refractivity contribution in [3.8, 4) is 0 Å². The van der Waals surface area contributed by atoms with E-state index in [9.17, 15) is 9.18 Å². The molecule has 23 heavy (non-hydrogen) atoms. The molecule has 3 rings (SSSR count). The van der Waals surface area contributed by atoms with Crippen LogP contribution in [0.1, 0.15) is 21.5 Å². The van der Waals surface area contributed by atoms with Crippen molar-refractivity contribution in [2.75, 3.05) is 31.1 Å². The Morgan fingerprint density at radius 1 is 1.09 bits per heavy atom. The molecule has 0 unspecified atom stereocenters. The normalized spacial score (nSPS) is 14.9. The van der Waals surface area contributed by atoms with Gasteiger partial charge in [-0.3, -0.25) is 9.78 Å². The third-order valence-corrected chi connectivity index (χ3v) is 4.15. The van der Waals surface area contributed by atoms with Crippen LogP contribution < -0.4 is 4.90 Å². The average molecular weight is 314 g/mol. The first-order valence-electron chi connectivity index (χ1n) is 7.63. The standard InChI is InChI=1S/C17H19FN4O/c1-12-9-14(18)10-13(2)16(12)17(23)22-7-5-21(6-8-22)15-11-19-3-4-20-15/h3-4,9-11H,5-8H2,1-2H3. The lowest BCUT2D eigenvalue weighted by molar-refractivity contribution is 0.0745. The Hall–Kier alpha value is -2.50. The molecule has 0 radical (unpaired) electrons. The number of hydrogen-bond donors (Lipinski definition) is 0. The van der Waals surface area contributed by atoms with Gasteiger partial charge in [-0.25, -0.2) is 9.37 Å². The number of amides is 1. The highest BCUT2D eigenvalue weighted by Crippen LogP contribution is 2.20. The molecule has 1 aromatic heterocycles. The first-order chi connectivity index (χ1) is 11.1. The van der Waals surface area contributed by atoms with Gasteiger partial charge in [-0.05, 0) is 37.1 Å². The van der Waals surface area contributed by atoms with Gasteiger partial charge in [-0.2, -0.15) is 0 Å². The second kappa shape index (κ2) is 6.32. The highest BCUT2D eigenvalue weighted by molar-refractivity contribution is 5.97. The zero-order valence-electron chi connectivity index (χ0n) is 13.3. The zero-order chi connectivity index (χ0) is 16.4. The number of benzene rings is 1. The van der Waals surface area contributed by atoms with Crippen LogP contribution in [0.15, 0.2) is 30.7 Å². The SMILES string of the molecule is Cc1cc(F)cc(C)c1C(=O)N1CCN(c2cnccn2)CC1. The van der Waals surface area contributed by atoms with Crippen molar-refractivity contribution in [2.24, 2.45) is 0 Å². The van der Waals surface area contributed by atoms with Crippen molar-refractivity contribution in [1.29, 1.82) is 0 Å². The summed E-state index contributed by atoms with van der Waals surface area (Å²) in [6.07, 6.45) is 5.03.